The lowest BCUT2D eigenvalue weighted by atomic mass is 10.1. The monoisotopic (exact) mass is 459 g/mol. The Labute approximate surface area is 201 Å². The highest BCUT2D eigenvalue weighted by molar-refractivity contribution is 5.98. The summed E-state index contributed by atoms with van der Waals surface area (Å²) < 4.78 is 0. The number of fused-ring (bicyclic) bond motifs is 1. The molecule has 1 amide bonds. The Hall–Kier alpha value is -3.33. The van der Waals surface area contributed by atoms with Crippen LogP contribution < -0.4 is 10.6 Å². The van der Waals surface area contributed by atoms with Crippen LogP contribution in [0.1, 0.15) is 5.56 Å². The van der Waals surface area contributed by atoms with Crippen LogP contribution in [0, 0.1) is 0 Å². The van der Waals surface area contributed by atoms with Crippen molar-refractivity contribution in [3.8, 4) is 0 Å². The molecule has 4 rings (SSSR count). The van der Waals surface area contributed by atoms with Gasteiger partial charge in [0.2, 0.25) is 5.91 Å². The Kier molecular flexibility index (Phi) is 7.84. The topological polar surface area (TPSA) is 76.6 Å². The molecule has 178 valence electrons. The van der Waals surface area contributed by atoms with Crippen LogP contribution in [0.3, 0.4) is 0 Å². The van der Waals surface area contributed by atoms with E-state index in [0.717, 1.165) is 67.1 Å². The summed E-state index contributed by atoms with van der Waals surface area (Å²) in [5, 5.41) is 7.25. The first kappa shape index (κ1) is 23.8. The van der Waals surface area contributed by atoms with E-state index < -0.39 is 0 Å². The molecule has 3 aromatic rings. The van der Waals surface area contributed by atoms with E-state index in [1.54, 1.807) is 12.4 Å². The predicted octanol–water partition coefficient (Wildman–Crippen LogP) is 3.13. The number of nitrogens with one attached hydrogen (secondary N) is 2. The molecule has 0 atom stereocenters. The van der Waals surface area contributed by atoms with Gasteiger partial charge in [0.05, 0.1) is 12.1 Å². The van der Waals surface area contributed by atoms with Crippen molar-refractivity contribution in [2.24, 2.45) is 0 Å². The fourth-order valence-electron chi connectivity index (χ4n) is 4.03. The number of benzene rings is 2. The SMILES string of the molecule is C=Cc1cccc(Nc2ncnc3ccc(NC(=O)CN4CCN(CCN(C)C)CC4)cc23)c1. The molecule has 0 radical (unpaired) electrons. The lowest BCUT2D eigenvalue weighted by Gasteiger charge is -2.34. The zero-order valence-corrected chi connectivity index (χ0v) is 20.0. The summed E-state index contributed by atoms with van der Waals surface area (Å²) in [4.78, 5) is 28.4. The molecule has 1 aliphatic heterocycles. The Morgan fingerprint density at radius 2 is 1.85 bits per heavy atom. The van der Waals surface area contributed by atoms with Crippen LogP contribution in [0.25, 0.3) is 17.0 Å². The summed E-state index contributed by atoms with van der Waals surface area (Å²) in [5.41, 5.74) is 3.48. The second kappa shape index (κ2) is 11.2. The molecule has 0 spiro atoms. The Bertz CT molecular complexity index is 1140. The molecule has 34 heavy (non-hydrogen) atoms. The fourth-order valence-corrected chi connectivity index (χ4v) is 4.03. The zero-order chi connectivity index (χ0) is 23.9. The van der Waals surface area contributed by atoms with Gasteiger partial charge in [-0.05, 0) is 50.0 Å². The van der Waals surface area contributed by atoms with E-state index in [1.165, 1.54) is 0 Å². The second-order valence-corrected chi connectivity index (χ2v) is 8.88. The highest BCUT2D eigenvalue weighted by atomic mass is 16.2. The number of likely N-dealkylation sites (N-methyl/N-ethyl adjacent to an activating group) is 1. The van der Waals surface area contributed by atoms with Gasteiger partial charge >= 0.3 is 0 Å². The average Bonchev–Trinajstić information content (AvgIpc) is 2.84. The molecule has 0 bridgehead atoms. The van der Waals surface area contributed by atoms with Crippen LogP contribution >= 0.6 is 0 Å². The van der Waals surface area contributed by atoms with Crippen molar-refractivity contribution in [3.63, 3.8) is 0 Å². The largest absolute Gasteiger partial charge is 0.340 e. The van der Waals surface area contributed by atoms with Crippen molar-refractivity contribution in [1.82, 2.24) is 24.7 Å². The predicted molar refractivity (Wildman–Crippen MR) is 139 cm³/mol. The molecule has 1 fully saturated rings. The summed E-state index contributed by atoms with van der Waals surface area (Å²) in [7, 11) is 4.19. The third kappa shape index (κ3) is 6.38. The number of hydrogen-bond donors (Lipinski definition) is 2. The van der Waals surface area contributed by atoms with Crippen LogP contribution in [0.4, 0.5) is 17.2 Å². The molecular weight excluding hydrogens is 426 g/mol. The van der Waals surface area contributed by atoms with Gasteiger partial charge in [0.25, 0.3) is 0 Å². The number of hydrogen-bond acceptors (Lipinski definition) is 7. The van der Waals surface area contributed by atoms with Crippen molar-refractivity contribution in [2.75, 3.05) is 70.5 Å². The minimum absolute atomic E-state index is 0.00821. The third-order valence-corrected chi connectivity index (χ3v) is 6.00. The molecule has 2 aromatic carbocycles. The summed E-state index contributed by atoms with van der Waals surface area (Å²) in [6.07, 6.45) is 3.35. The Morgan fingerprint density at radius 3 is 2.62 bits per heavy atom. The molecule has 0 saturated carbocycles. The smallest absolute Gasteiger partial charge is 0.238 e. The molecule has 8 nitrogen and oxygen atoms in total. The molecule has 8 heteroatoms. The normalized spacial score (nSPS) is 14.9. The van der Waals surface area contributed by atoms with Gasteiger partial charge in [-0.15, -0.1) is 0 Å². The minimum atomic E-state index is -0.00821. The van der Waals surface area contributed by atoms with E-state index in [-0.39, 0.29) is 5.91 Å². The number of amides is 1. The molecule has 1 aromatic heterocycles. The van der Waals surface area contributed by atoms with Crippen LogP contribution in [0.2, 0.25) is 0 Å². The van der Waals surface area contributed by atoms with Crippen molar-refractivity contribution in [2.45, 2.75) is 0 Å². The Balaban J connectivity index is 1.38. The number of carbonyl (C=O) groups is 1. The van der Waals surface area contributed by atoms with Gasteiger partial charge in [0.1, 0.15) is 12.1 Å². The van der Waals surface area contributed by atoms with Crippen LogP contribution in [0.5, 0.6) is 0 Å². The molecular formula is C26H33N7O. The van der Waals surface area contributed by atoms with Crippen molar-refractivity contribution in [1.29, 1.82) is 0 Å². The molecule has 1 aliphatic rings. The fraction of sp³-hybridized carbons (Fsp3) is 0.346. The molecule has 1 saturated heterocycles. The van der Waals surface area contributed by atoms with Crippen LogP contribution in [-0.2, 0) is 4.79 Å². The number of aromatic nitrogens is 2. The zero-order valence-electron chi connectivity index (χ0n) is 20.0. The summed E-state index contributed by atoms with van der Waals surface area (Å²) in [5.74, 6) is 0.683. The number of rotatable bonds is 9. The van der Waals surface area contributed by atoms with Crippen molar-refractivity contribution < 1.29 is 4.79 Å². The first-order valence-electron chi connectivity index (χ1n) is 11.6. The minimum Gasteiger partial charge on any atom is -0.340 e. The van der Waals surface area contributed by atoms with E-state index >= 15 is 0 Å². The maximum Gasteiger partial charge on any atom is 0.238 e. The summed E-state index contributed by atoms with van der Waals surface area (Å²) in [6.45, 7) is 10.2. The summed E-state index contributed by atoms with van der Waals surface area (Å²) >= 11 is 0. The van der Waals surface area contributed by atoms with E-state index in [1.807, 2.05) is 42.5 Å². The third-order valence-electron chi connectivity index (χ3n) is 6.00. The lowest BCUT2D eigenvalue weighted by molar-refractivity contribution is -0.117. The highest BCUT2D eigenvalue weighted by Crippen LogP contribution is 2.26. The first-order chi connectivity index (χ1) is 16.5. The maximum absolute atomic E-state index is 12.7. The van der Waals surface area contributed by atoms with Crippen LogP contribution in [-0.4, -0.2) is 90.5 Å². The lowest BCUT2D eigenvalue weighted by Crippen LogP contribution is -2.49. The standard InChI is InChI=1S/C26H33N7O/c1-4-20-6-5-7-21(16-20)30-26-23-17-22(8-9-24(23)27-19-28-26)29-25(34)18-33-14-12-32(13-15-33)11-10-31(2)3/h4-9,16-17,19H,1,10-15,18H2,2-3H3,(H,29,34)(H,27,28,30). The number of anilines is 3. The van der Waals surface area contributed by atoms with Crippen LogP contribution in [0.15, 0.2) is 55.4 Å². The van der Waals surface area contributed by atoms with Crippen molar-refractivity contribution in [3.05, 3.63) is 60.9 Å². The Morgan fingerprint density at radius 1 is 1.06 bits per heavy atom. The van der Waals surface area contributed by atoms with Gasteiger partial charge in [0, 0.05) is 56.0 Å². The second-order valence-electron chi connectivity index (χ2n) is 8.88. The maximum atomic E-state index is 12.7. The molecule has 2 heterocycles. The molecule has 2 N–H and O–H groups in total. The molecule has 0 unspecified atom stereocenters. The quantitative estimate of drug-likeness (QED) is 0.509. The van der Waals surface area contributed by atoms with Gasteiger partial charge in [-0.2, -0.15) is 0 Å². The van der Waals surface area contributed by atoms with Gasteiger partial charge in [-0.3, -0.25) is 14.6 Å². The van der Waals surface area contributed by atoms with E-state index in [9.17, 15) is 4.79 Å². The van der Waals surface area contributed by atoms with Gasteiger partial charge in [-0.25, -0.2) is 9.97 Å². The summed E-state index contributed by atoms with van der Waals surface area (Å²) in [6, 6.07) is 13.7. The first-order valence-corrected chi connectivity index (χ1v) is 11.6. The number of piperazine rings is 1. The molecule has 0 aliphatic carbocycles. The van der Waals surface area contributed by atoms with Gasteiger partial charge < -0.3 is 15.5 Å². The van der Waals surface area contributed by atoms with E-state index in [4.69, 9.17) is 0 Å². The highest BCUT2D eigenvalue weighted by Gasteiger charge is 2.19. The number of nitrogens with zero attached hydrogens (tertiary/aromatic N) is 5. The van der Waals surface area contributed by atoms with Gasteiger partial charge in [0.15, 0.2) is 0 Å². The van der Waals surface area contributed by atoms with E-state index in [2.05, 4.69) is 56.0 Å². The number of carbonyl (C=O) groups excluding carboxylic acids is 1. The average molecular weight is 460 g/mol. The van der Waals surface area contributed by atoms with E-state index in [0.29, 0.717) is 12.4 Å². The van der Waals surface area contributed by atoms with Gasteiger partial charge in [-0.1, -0.05) is 24.8 Å². The van der Waals surface area contributed by atoms with Crippen molar-refractivity contribution >= 4 is 40.1 Å².